The Balaban J connectivity index is 0.000000145. The molecule has 4 aromatic carbocycles. The first kappa shape index (κ1) is 46.7. The smallest absolute Gasteiger partial charge is 0.423 e. The van der Waals surface area contributed by atoms with Gasteiger partial charge in [-0.25, -0.2) is 39.9 Å². The summed E-state index contributed by atoms with van der Waals surface area (Å²) in [7, 11) is -1.46. The summed E-state index contributed by atoms with van der Waals surface area (Å²) in [6.07, 6.45) is 15.3. The molecule has 0 saturated heterocycles. The van der Waals surface area contributed by atoms with E-state index in [2.05, 4.69) is 52.0 Å². The first-order valence-electron chi connectivity index (χ1n) is 19.1. The van der Waals surface area contributed by atoms with E-state index in [0.717, 1.165) is 50.5 Å². The Morgan fingerprint density at radius 3 is 1.33 bits per heavy atom. The molecule has 1 unspecified atom stereocenters. The van der Waals surface area contributed by atoms with Crippen molar-refractivity contribution >= 4 is 71.0 Å². The van der Waals surface area contributed by atoms with E-state index in [1.54, 1.807) is 67.6 Å². The molecular formula is C46H35BCl2N8O5S2. The molecule has 0 aliphatic heterocycles. The predicted molar refractivity (Wildman–Crippen MR) is 251 cm³/mol. The zero-order valence-electron chi connectivity index (χ0n) is 33.4. The molecule has 0 saturated carbocycles. The monoisotopic (exact) mass is 924 g/mol. The van der Waals surface area contributed by atoms with Gasteiger partial charge in [0.25, 0.3) is 0 Å². The van der Waals surface area contributed by atoms with Gasteiger partial charge in [-0.05, 0) is 34.8 Å². The van der Waals surface area contributed by atoms with Gasteiger partial charge < -0.3 is 15.2 Å². The third-order valence-electron chi connectivity index (χ3n) is 8.74. The molecule has 0 aliphatic rings. The van der Waals surface area contributed by atoms with E-state index < -0.39 is 13.2 Å². The van der Waals surface area contributed by atoms with Crippen LogP contribution >= 0.6 is 45.9 Å². The summed E-state index contributed by atoms with van der Waals surface area (Å²) >= 11 is 14.4. The normalized spacial score (nSPS) is 10.7. The maximum Gasteiger partial charge on any atom is 0.488 e. The van der Waals surface area contributed by atoms with Crippen LogP contribution in [0.4, 0.5) is 0 Å². The second kappa shape index (κ2) is 24.2. The number of aliphatic hydroxyl groups excluding tert-OH is 1. The second-order valence-corrected chi connectivity index (χ2v) is 16.5. The van der Waals surface area contributed by atoms with Crippen LogP contribution in [0, 0.1) is 0 Å². The first-order valence-corrected chi connectivity index (χ1v) is 21.4. The average Bonchev–Trinajstić information content (AvgIpc) is 3.99. The van der Waals surface area contributed by atoms with E-state index in [9.17, 15) is 14.7 Å². The maximum atomic E-state index is 10.4. The van der Waals surface area contributed by atoms with Gasteiger partial charge in [0.1, 0.15) is 18.7 Å². The maximum absolute atomic E-state index is 10.4. The summed E-state index contributed by atoms with van der Waals surface area (Å²) in [5, 5.41) is 27.6. The van der Waals surface area contributed by atoms with E-state index in [0.29, 0.717) is 43.5 Å². The SMILES string of the molecule is Clc1ncc(Cc2ccc(-c3ncccn3)cc2)s1.O=Cc1ccc(-c2ncccn2)cc1.O=Cc1ccc(B(O)O)cc1.OC(c1ccc(-c2ncccn2)cc1)c1cnc(Cl)s1. The number of hydrogen-bond donors (Lipinski definition) is 3. The largest absolute Gasteiger partial charge is 0.488 e. The van der Waals surface area contributed by atoms with Gasteiger partial charge >= 0.3 is 7.12 Å². The molecule has 3 N–H and O–H groups in total. The number of carbonyl (C=O) groups excluding carboxylic acids is 2. The van der Waals surface area contributed by atoms with Crippen LogP contribution in [-0.4, -0.2) is 74.7 Å². The van der Waals surface area contributed by atoms with Crippen molar-refractivity contribution in [2.24, 2.45) is 0 Å². The number of halogens is 2. The lowest BCUT2D eigenvalue weighted by Gasteiger charge is -2.08. The summed E-state index contributed by atoms with van der Waals surface area (Å²) in [4.78, 5) is 55.5. The van der Waals surface area contributed by atoms with E-state index >= 15 is 0 Å². The molecule has 5 heterocycles. The molecule has 18 heteroatoms. The van der Waals surface area contributed by atoms with Crippen molar-refractivity contribution in [3.8, 4) is 34.2 Å². The minimum absolute atomic E-state index is 0.385. The number of aldehydes is 2. The van der Waals surface area contributed by atoms with Gasteiger partial charge in [0, 0.05) is 88.7 Å². The van der Waals surface area contributed by atoms with Gasteiger partial charge in [-0.2, -0.15) is 0 Å². The quantitative estimate of drug-likeness (QED) is 0.0875. The molecule has 0 radical (unpaired) electrons. The Morgan fingerprint density at radius 2 is 0.938 bits per heavy atom. The summed E-state index contributed by atoms with van der Waals surface area (Å²) < 4.78 is 1.01. The van der Waals surface area contributed by atoms with Crippen LogP contribution in [0.1, 0.15) is 47.7 Å². The first-order chi connectivity index (χ1) is 31.2. The fourth-order valence-corrected chi connectivity index (χ4v) is 7.49. The molecule has 1 atom stereocenters. The number of nitrogens with zero attached hydrogens (tertiary/aromatic N) is 8. The van der Waals surface area contributed by atoms with Crippen molar-refractivity contribution < 1.29 is 24.7 Å². The lowest BCUT2D eigenvalue weighted by molar-refractivity contribution is 0.111. The van der Waals surface area contributed by atoms with Crippen LogP contribution < -0.4 is 5.46 Å². The lowest BCUT2D eigenvalue weighted by atomic mass is 9.80. The lowest BCUT2D eigenvalue weighted by Crippen LogP contribution is -2.29. The summed E-state index contributed by atoms with van der Waals surface area (Å²) in [6.45, 7) is 0. The minimum Gasteiger partial charge on any atom is -0.423 e. The molecule has 0 spiro atoms. The molecule has 0 fully saturated rings. The second-order valence-electron chi connectivity index (χ2n) is 13.1. The topological polar surface area (TPSA) is 198 Å². The van der Waals surface area contributed by atoms with E-state index in [1.807, 2.05) is 60.8 Å². The summed E-state index contributed by atoms with van der Waals surface area (Å²) in [5.74, 6) is 2.08. The fourth-order valence-electron chi connectivity index (χ4n) is 5.51. The van der Waals surface area contributed by atoms with Crippen molar-refractivity contribution in [1.29, 1.82) is 0 Å². The van der Waals surface area contributed by atoms with Crippen molar-refractivity contribution in [2.75, 3.05) is 0 Å². The highest BCUT2D eigenvalue weighted by molar-refractivity contribution is 7.16. The van der Waals surface area contributed by atoms with Gasteiger partial charge in [-0.15, -0.1) is 22.7 Å². The number of hydrogen-bond acceptors (Lipinski definition) is 15. The highest BCUT2D eigenvalue weighted by Crippen LogP contribution is 2.30. The Labute approximate surface area is 386 Å². The Kier molecular flexibility index (Phi) is 17.7. The van der Waals surface area contributed by atoms with Gasteiger partial charge in [0.05, 0.1) is 4.88 Å². The van der Waals surface area contributed by atoms with Gasteiger partial charge in [0.2, 0.25) is 0 Å². The van der Waals surface area contributed by atoms with Crippen LogP contribution in [0.25, 0.3) is 34.2 Å². The minimum atomic E-state index is -1.46. The molecule has 64 heavy (non-hydrogen) atoms. The van der Waals surface area contributed by atoms with Crippen LogP contribution in [0.3, 0.4) is 0 Å². The van der Waals surface area contributed by atoms with Crippen LogP contribution in [-0.2, 0) is 6.42 Å². The van der Waals surface area contributed by atoms with Gasteiger partial charge in [-0.1, -0.05) is 120 Å². The molecule has 0 bridgehead atoms. The van der Waals surface area contributed by atoms with Crippen molar-refractivity contribution in [3.05, 3.63) is 206 Å². The van der Waals surface area contributed by atoms with Crippen LogP contribution in [0.2, 0.25) is 8.93 Å². The van der Waals surface area contributed by atoms with E-state index in [-0.39, 0.29) is 0 Å². The molecule has 13 nitrogen and oxygen atoms in total. The Hall–Kier alpha value is -6.76. The molecule has 0 amide bonds. The number of rotatable bonds is 10. The number of benzene rings is 4. The van der Waals surface area contributed by atoms with Crippen molar-refractivity contribution in [1.82, 2.24) is 39.9 Å². The third-order valence-corrected chi connectivity index (χ3v) is 11.0. The molecule has 5 aromatic heterocycles. The van der Waals surface area contributed by atoms with E-state index in [4.69, 9.17) is 33.2 Å². The van der Waals surface area contributed by atoms with Gasteiger partial charge in [-0.3, -0.25) is 9.59 Å². The molecule has 9 aromatic rings. The number of thiazole rings is 2. The van der Waals surface area contributed by atoms with E-state index in [1.165, 1.54) is 52.5 Å². The molecule has 318 valence electrons. The van der Waals surface area contributed by atoms with Crippen molar-refractivity contribution in [2.45, 2.75) is 12.5 Å². The predicted octanol–water partition coefficient (Wildman–Crippen LogP) is 8.31. The summed E-state index contributed by atoms with van der Waals surface area (Å²) in [5.41, 5.74) is 6.41. The third kappa shape index (κ3) is 14.1. The Morgan fingerprint density at radius 1 is 0.531 bits per heavy atom. The highest BCUT2D eigenvalue weighted by atomic mass is 35.5. The highest BCUT2D eigenvalue weighted by Gasteiger charge is 2.14. The zero-order valence-corrected chi connectivity index (χ0v) is 36.6. The fraction of sp³-hybridized carbons (Fsp3) is 0.0435. The zero-order chi connectivity index (χ0) is 45.1. The number of carbonyl (C=O) groups is 2. The number of aliphatic hydroxyl groups is 1. The van der Waals surface area contributed by atoms with Gasteiger partial charge in [0.15, 0.2) is 26.4 Å². The van der Waals surface area contributed by atoms with Crippen molar-refractivity contribution in [3.63, 3.8) is 0 Å². The summed E-state index contributed by atoms with van der Waals surface area (Å²) in [6, 6.07) is 34.3. The molecule has 9 rings (SSSR count). The molecule has 0 aliphatic carbocycles. The number of aromatic nitrogens is 8. The average molecular weight is 926 g/mol. The van der Waals surface area contributed by atoms with Crippen LogP contribution in [0.5, 0.6) is 0 Å². The standard InChI is InChI=1S/C14H10ClN3OS.C14H10ClN3S.C11H8N2O.C7H7BO3/c15-14-18-8-11(20-14)12(19)9-2-4-10(5-3-9)13-16-6-1-7-17-13;15-14-18-9-12(19-14)8-10-2-4-11(5-3-10)13-16-6-1-7-17-13;14-8-9-2-4-10(5-3-9)11-12-6-1-7-13-11;9-5-6-1-3-7(4-2-6)8(10)11/h1-8,12,19H;1-7,9H,8H2;1-8H;1-5,10-11H. The van der Waals surface area contributed by atoms with Crippen LogP contribution in [0.15, 0.2) is 165 Å². The Bertz CT molecular complexity index is 2790. The molecular weight excluding hydrogens is 890 g/mol.